The summed E-state index contributed by atoms with van der Waals surface area (Å²) in [6, 6.07) is 8.21. The molecule has 1 aromatic heterocycles. The molecule has 2 aromatic rings. The van der Waals surface area contributed by atoms with Crippen molar-refractivity contribution in [3.8, 4) is 11.3 Å². The summed E-state index contributed by atoms with van der Waals surface area (Å²) in [5.74, 6) is 0. The molecule has 0 amide bonds. The average molecular weight is 219 g/mol. The fourth-order valence-electron chi connectivity index (χ4n) is 1.42. The van der Waals surface area contributed by atoms with Crippen molar-refractivity contribution in [1.29, 1.82) is 0 Å². The van der Waals surface area contributed by atoms with Crippen LogP contribution in [0.3, 0.4) is 0 Å². The smallest absolute Gasteiger partial charge is 0.122 e. The number of rotatable bonds is 2. The number of hydrogen-bond donors (Lipinski definition) is 1. The van der Waals surface area contributed by atoms with Crippen molar-refractivity contribution in [2.24, 2.45) is 0 Å². The van der Waals surface area contributed by atoms with Crippen LogP contribution in [0, 0.1) is 6.92 Å². The van der Waals surface area contributed by atoms with E-state index in [1.807, 2.05) is 17.5 Å². The number of aliphatic hydroxyl groups is 1. The number of aliphatic hydroxyl groups excluding tert-OH is 1. The molecule has 1 atom stereocenters. The second-order valence-electron chi connectivity index (χ2n) is 3.62. The van der Waals surface area contributed by atoms with Gasteiger partial charge in [-0.25, -0.2) is 4.98 Å². The van der Waals surface area contributed by atoms with Crippen LogP contribution < -0.4 is 0 Å². The van der Waals surface area contributed by atoms with Gasteiger partial charge in [0.15, 0.2) is 0 Å². The molecule has 1 unspecified atom stereocenters. The lowest BCUT2D eigenvalue weighted by Crippen LogP contribution is -1.89. The molecule has 0 fully saturated rings. The summed E-state index contributed by atoms with van der Waals surface area (Å²) in [5, 5.41) is 12.1. The third kappa shape index (κ3) is 2.25. The van der Waals surface area contributed by atoms with Crippen LogP contribution in [0.1, 0.15) is 23.6 Å². The van der Waals surface area contributed by atoms with Crippen LogP contribution in [-0.4, -0.2) is 10.1 Å². The standard InChI is InChI=1S/C12H13NOS/c1-8-4-3-5-10(6-8)11-7-15-12(13-11)9(2)14/h3-7,9,14H,1-2H3. The molecule has 1 N–H and O–H groups in total. The first-order valence-electron chi connectivity index (χ1n) is 4.87. The van der Waals surface area contributed by atoms with Crippen molar-refractivity contribution in [2.75, 3.05) is 0 Å². The van der Waals surface area contributed by atoms with Gasteiger partial charge in [-0.1, -0.05) is 23.8 Å². The zero-order chi connectivity index (χ0) is 10.8. The van der Waals surface area contributed by atoms with Crippen molar-refractivity contribution >= 4 is 11.3 Å². The van der Waals surface area contributed by atoms with Crippen LogP contribution in [0.15, 0.2) is 29.6 Å². The van der Waals surface area contributed by atoms with Gasteiger partial charge in [-0.2, -0.15) is 0 Å². The molecule has 2 nitrogen and oxygen atoms in total. The summed E-state index contributed by atoms with van der Waals surface area (Å²) < 4.78 is 0. The summed E-state index contributed by atoms with van der Waals surface area (Å²) in [6.07, 6.45) is -0.478. The highest BCUT2D eigenvalue weighted by Crippen LogP contribution is 2.25. The Kier molecular flexibility index (Phi) is 2.84. The molecule has 0 saturated carbocycles. The van der Waals surface area contributed by atoms with Crippen molar-refractivity contribution < 1.29 is 5.11 Å². The second kappa shape index (κ2) is 4.13. The van der Waals surface area contributed by atoms with Crippen LogP contribution in [0.4, 0.5) is 0 Å². The van der Waals surface area contributed by atoms with Gasteiger partial charge in [-0.3, -0.25) is 0 Å². The maximum Gasteiger partial charge on any atom is 0.122 e. The van der Waals surface area contributed by atoms with E-state index in [2.05, 4.69) is 24.0 Å². The van der Waals surface area contributed by atoms with Crippen LogP contribution >= 0.6 is 11.3 Å². The van der Waals surface area contributed by atoms with Gasteiger partial charge >= 0.3 is 0 Å². The molecule has 15 heavy (non-hydrogen) atoms. The summed E-state index contributed by atoms with van der Waals surface area (Å²) >= 11 is 1.50. The number of aryl methyl sites for hydroxylation is 1. The van der Waals surface area contributed by atoms with Gasteiger partial charge in [0.05, 0.1) is 5.69 Å². The first kappa shape index (κ1) is 10.3. The van der Waals surface area contributed by atoms with E-state index in [0.29, 0.717) is 0 Å². The van der Waals surface area contributed by atoms with E-state index in [9.17, 15) is 5.11 Å². The van der Waals surface area contributed by atoms with E-state index >= 15 is 0 Å². The fraction of sp³-hybridized carbons (Fsp3) is 0.250. The molecule has 0 spiro atoms. The lowest BCUT2D eigenvalue weighted by atomic mass is 10.1. The predicted octanol–water partition coefficient (Wildman–Crippen LogP) is 3.17. The SMILES string of the molecule is Cc1cccc(-c2csc(C(C)O)n2)c1. The number of thiazole rings is 1. The van der Waals surface area contributed by atoms with Gasteiger partial charge in [0.2, 0.25) is 0 Å². The molecule has 1 aromatic carbocycles. The number of benzene rings is 1. The number of hydrogen-bond acceptors (Lipinski definition) is 3. The zero-order valence-corrected chi connectivity index (χ0v) is 9.58. The van der Waals surface area contributed by atoms with E-state index in [4.69, 9.17) is 0 Å². The molecule has 0 aliphatic rings. The molecule has 3 heteroatoms. The fourth-order valence-corrected chi connectivity index (χ4v) is 2.19. The summed E-state index contributed by atoms with van der Waals surface area (Å²) in [5.41, 5.74) is 3.27. The number of nitrogens with zero attached hydrogens (tertiary/aromatic N) is 1. The normalized spacial score (nSPS) is 12.7. The maximum atomic E-state index is 9.39. The lowest BCUT2D eigenvalue weighted by molar-refractivity contribution is 0.199. The molecule has 0 aliphatic carbocycles. The van der Waals surface area contributed by atoms with Crippen LogP contribution in [0.5, 0.6) is 0 Å². The monoisotopic (exact) mass is 219 g/mol. The highest BCUT2D eigenvalue weighted by Gasteiger charge is 2.08. The number of aromatic nitrogens is 1. The Morgan fingerprint density at radius 3 is 2.80 bits per heavy atom. The third-order valence-electron chi connectivity index (χ3n) is 2.19. The van der Waals surface area contributed by atoms with Crippen molar-refractivity contribution in [3.63, 3.8) is 0 Å². The average Bonchev–Trinajstić information content (AvgIpc) is 2.66. The first-order chi connectivity index (χ1) is 7.16. The Bertz CT molecular complexity index is 462. The Hall–Kier alpha value is -1.19. The van der Waals surface area contributed by atoms with Crippen molar-refractivity contribution in [3.05, 3.63) is 40.2 Å². The van der Waals surface area contributed by atoms with Crippen LogP contribution in [0.2, 0.25) is 0 Å². The van der Waals surface area contributed by atoms with E-state index in [1.54, 1.807) is 6.92 Å². The lowest BCUT2D eigenvalue weighted by Gasteiger charge is -1.99. The second-order valence-corrected chi connectivity index (χ2v) is 4.51. The highest BCUT2D eigenvalue weighted by molar-refractivity contribution is 7.10. The van der Waals surface area contributed by atoms with Gasteiger partial charge in [0.25, 0.3) is 0 Å². The largest absolute Gasteiger partial charge is 0.386 e. The highest BCUT2D eigenvalue weighted by atomic mass is 32.1. The minimum Gasteiger partial charge on any atom is -0.386 e. The van der Waals surface area contributed by atoms with E-state index in [1.165, 1.54) is 16.9 Å². The van der Waals surface area contributed by atoms with Crippen molar-refractivity contribution in [2.45, 2.75) is 20.0 Å². The van der Waals surface area contributed by atoms with Gasteiger partial charge < -0.3 is 5.11 Å². The van der Waals surface area contributed by atoms with Crippen LogP contribution in [0.25, 0.3) is 11.3 Å². The minimum atomic E-state index is -0.478. The zero-order valence-electron chi connectivity index (χ0n) is 8.77. The Balaban J connectivity index is 2.37. The van der Waals surface area contributed by atoms with Gasteiger partial charge in [-0.05, 0) is 19.9 Å². The van der Waals surface area contributed by atoms with Gasteiger partial charge in [0, 0.05) is 10.9 Å². The molecule has 0 radical (unpaired) electrons. The molecule has 0 saturated heterocycles. The first-order valence-corrected chi connectivity index (χ1v) is 5.75. The molecule has 2 rings (SSSR count). The third-order valence-corrected chi connectivity index (χ3v) is 3.21. The molecular formula is C12H13NOS. The van der Waals surface area contributed by atoms with Crippen molar-refractivity contribution in [1.82, 2.24) is 4.98 Å². The van der Waals surface area contributed by atoms with E-state index < -0.39 is 6.10 Å². The summed E-state index contributed by atoms with van der Waals surface area (Å²) in [6.45, 7) is 3.80. The minimum absolute atomic E-state index is 0.478. The topological polar surface area (TPSA) is 33.1 Å². The maximum absolute atomic E-state index is 9.39. The molecule has 0 bridgehead atoms. The van der Waals surface area contributed by atoms with Gasteiger partial charge in [0.1, 0.15) is 11.1 Å². The predicted molar refractivity (Wildman–Crippen MR) is 62.9 cm³/mol. The summed E-state index contributed by atoms with van der Waals surface area (Å²) in [4.78, 5) is 4.39. The molecule has 78 valence electrons. The van der Waals surface area contributed by atoms with E-state index in [-0.39, 0.29) is 0 Å². The summed E-state index contributed by atoms with van der Waals surface area (Å²) in [7, 11) is 0. The molecule has 0 aliphatic heterocycles. The van der Waals surface area contributed by atoms with Crippen LogP contribution in [-0.2, 0) is 0 Å². The Morgan fingerprint density at radius 2 is 2.20 bits per heavy atom. The molecular weight excluding hydrogens is 206 g/mol. The molecule has 1 heterocycles. The Labute approximate surface area is 93.2 Å². The quantitative estimate of drug-likeness (QED) is 0.841. The Morgan fingerprint density at radius 1 is 1.40 bits per heavy atom. The van der Waals surface area contributed by atoms with E-state index in [0.717, 1.165) is 16.3 Å². The van der Waals surface area contributed by atoms with Gasteiger partial charge in [-0.15, -0.1) is 11.3 Å².